The van der Waals surface area contributed by atoms with Crippen molar-refractivity contribution in [3.05, 3.63) is 10.6 Å². The third-order valence-electron chi connectivity index (χ3n) is 2.75. The predicted molar refractivity (Wildman–Crippen MR) is 80.8 cm³/mol. The molecule has 0 atom stereocenters. The zero-order chi connectivity index (χ0) is 15.4. The number of aromatic nitrogens is 1. The van der Waals surface area contributed by atoms with E-state index in [1.54, 1.807) is 0 Å². The van der Waals surface area contributed by atoms with E-state index in [1.807, 2.05) is 0 Å². The smallest absolute Gasteiger partial charge is 0.358 e. The minimum absolute atomic E-state index is 0.120. The number of nitrogens with zero attached hydrogens (tertiary/aromatic N) is 2. The van der Waals surface area contributed by atoms with Gasteiger partial charge in [0.15, 0.2) is 16.6 Å². The van der Waals surface area contributed by atoms with Gasteiger partial charge in [0, 0.05) is 19.5 Å². The fourth-order valence-corrected chi connectivity index (χ4v) is 2.90. The summed E-state index contributed by atoms with van der Waals surface area (Å²) in [6.07, 6.45) is 0. The van der Waals surface area contributed by atoms with Crippen molar-refractivity contribution in [2.45, 2.75) is 40.7 Å². The van der Waals surface area contributed by atoms with Crippen LogP contribution in [-0.2, 0) is 4.74 Å². The number of esters is 1. The van der Waals surface area contributed by atoms with Crippen LogP contribution in [0.2, 0.25) is 0 Å². The van der Waals surface area contributed by atoms with E-state index >= 15 is 0 Å². The number of rotatable bonds is 6. The van der Waals surface area contributed by atoms with Gasteiger partial charge in [-0.25, -0.2) is 9.78 Å². The normalized spacial score (nSPS) is 11.0. The van der Waals surface area contributed by atoms with Gasteiger partial charge in [0.25, 0.3) is 0 Å². The highest BCUT2D eigenvalue weighted by Gasteiger charge is 2.25. The lowest BCUT2D eigenvalue weighted by Gasteiger charge is -2.27. The van der Waals surface area contributed by atoms with Crippen LogP contribution in [0.15, 0.2) is 0 Å². The second-order valence-electron chi connectivity index (χ2n) is 5.36. The Kier molecular flexibility index (Phi) is 5.68. The SMILES string of the molecule is COC(=O)c1nc(N(CC(C)C)C(C)C)sc1C(C)=O. The number of ketones is 1. The first kappa shape index (κ1) is 16.6. The van der Waals surface area contributed by atoms with Crippen LogP contribution in [-0.4, -0.2) is 36.4 Å². The van der Waals surface area contributed by atoms with E-state index in [2.05, 4.69) is 37.6 Å². The summed E-state index contributed by atoms with van der Waals surface area (Å²) in [6, 6.07) is 0.244. The van der Waals surface area contributed by atoms with Crippen LogP contribution in [0, 0.1) is 5.92 Å². The average Bonchev–Trinajstić information content (AvgIpc) is 2.79. The van der Waals surface area contributed by atoms with Crippen LogP contribution in [0.1, 0.15) is 54.8 Å². The minimum Gasteiger partial charge on any atom is -0.464 e. The van der Waals surface area contributed by atoms with Crippen molar-refractivity contribution < 1.29 is 14.3 Å². The maximum Gasteiger partial charge on any atom is 0.358 e. The van der Waals surface area contributed by atoms with E-state index in [4.69, 9.17) is 4.74 Å². The number of hydrogen-bond donors (Lipinski definition) is 0. The minimum atomic E-state index is -0.564. The van der Waals surface area contributed by atoms with E-state index in [0.717, 1.165) is 6.54 Å². The summed E-state index contributed by atoms with van der Waals surface area (Å²) >= 11 is 1.25. The Labute approximate surface area is 124 Å². The van der Waals surface area contributed by atoms with Gasteiger partial charge in [-0.05, 0) is 19.8 Å². The van der Waals surface area contributed by atoms with Crippen LogP contribution < -0.4 is 4.90 Å². The first-order valence-corrected chi connectivity index (χ1v) is 7.46. The summed E-state index contributed by atoms with van der Waals surface area (Å²) in [5, 5.41) is 0.694. The number of hydrogen-bond acceptors (Lipinski definition) is 6. The third-order valence-corrected chi connectivity index (χ3v) is 3.94. The summed E-state index contributed by atoms with van der Waals surface area (Å²) in [4.78, 5) is 30.2. The molecule has 1 aromatic rings. The van der Waals surface area contributed by atoms with Crippen molar-refractivity contribution in [2.75, 3.05) is 18.6 Å². The van der Waals surface area contributed by atoms with Crippen LogP contribution in [0.3, 0.4) is 0 Å². The molecule has 0 spiro atoms. The molecule has 0 saturated heterocycles. The molecular weight excluding hydrogens is 276 g/mol. The van der Waals surface area contributed by atoms with Gasteiger partial charge >= 0.3 is 5.97 Å². The van der Waals surface area contributed by atoms with Gasteiger partial charge in [-0.15, -0.1) is 0 Å². The Morgan fingerprint density at radius 1 is 1.30 bits per heavy atom. The molecule has 5 nitrogen and oxygen atoms in total. The van der Waals surface area contributed by atoms with Gasteiger partial charge in [-0.1, -0.05) is 25.2 Å². The highest BCUT2D eigenvalue weighted by molar-refractivity contribution is 7.17. The van der Waals surface area contributed by atoms with Crippen molar-refractivity contribution in [1.29, 1.82) is 0 Å². The number of carbonyl (C=O) groups excluding carboxylic acids is 2. The van der Waals surface area contributed by atoms with E-state index in [1.165, 1.54) is 25.4 Å². The quantitative estimate of drug-likeness (QED) is 0.597. The molecule has 1 rings (SSSR count). The van der Waals surface area contributed by atoms with Gasteiger partial charge < -0.3 is 9.64 Å². The van der Waals surface area contributed by atoms with Crippen LogP contribution >= 0.6 is 11.3 Å². The molecule has 0 N–H and O–H groups in total. The Hall–Kier alpha value is -1.43. The standard InChI is InChI=1S/C14H22N2O3S/c1-8(2)7-16(9(3)4)14-15-11(13(18)19-6)12(20-14)10(5)17/h8-9H,7H2,1-6H3. The molecule has 0 unspecified atom stereocenters. The molecule has 0 bridgehead atoms. The number of anilines is 1. The highest BCUT2D eigenvalue weighted by atomic mass is 32.1. The van der Waals surface area contributed by atoms with Gasteiger partial charge in [0.1, 0.15) is 4.88 Å². The molecule has 0 fully saturated rings. The topological polar surface area (TPSA) is 59.5 Å². The zero-order valence-electron chi connectivity index (χ0n) is 12.9. The second kappa shape index (κ2) is 6.83. The zero-order valence-corrected chi connectivity index (χ0v) is 13.7. The first-order chi connectivity index (χ1) is 9.27. The van der Waals surface area contributed by atoms with E-state index in [-0.39, 0.29) is 17.5 Å². The summed E-state index contributed by atoms with van der Waals surface area (Å²) in [7, 11) is 1.29. The molecule has 1 aromatic heterocycles. The molecule has 0 amide bonds. The summed E-state index contributed by atoms with van der Waals surface area (Å²) in [6.45, 7) is 10.6. The number of Topliss-reactive ketones (excluding diaryl/α,β-unsaturated/α-hetero) is 1. The molecular formula is C14H22N2O3S. The van der Waals surface area contributed by atoms with Crippen molar-refractivity contribution in [1.82, 2.24) is 4.98 Å². The fraction of sp³-hybridized carbons (Fsp3) is 0.643. The monoisotopic (exact) mass is 298 g/mol. The average molecular weight is 298 g/mol. The molecule has 20 heavy (non-hydrogen) atoms. The maximum atomic E-state index is 11.7. The van der Waals surface area contributed by atoms with Crippen LogP contribution in [0.5, 0.6) is 0 Å². The number of thiazole rings is 1. The lowest BCUT2D eigenvalue weighted by atomic mass is 10.2. The Morgan fingerprint density at radius 3 is 2.30 bits per heavy atom. The third kappa shape index (κ3) is 3.79. The molecule has 6 heteroatoms. The number of carbonyl (C=O) groups is 2. The molecule has 0 saturated carbocycles. The second-order valence-corrected chi connectivity index (χ2v) is 6.34. The predicted octanol–water partition coefficient (Wildman–Crippen LogP) is 3.00. The maximum absolute atomic E-state index is 11.7. The van der Waals surface area contributed by atoms with Crippen molar-refractivity contribution >= 4 is 28.2 Å². The molecule has 0 radical (unpaired) electrons. The molecule has 0 aliphatic heterocycles. The number of methoxy groups -OCH3 is 1. The van der Waals surface area contributed by atoms with Crippen molar-refractivity contribution in [2.24, 2.45) is 5.92 Å². The van der Waals surface area contributed by atoms with Crippen molar-refractivity contribution in [3.63, 3.8) is 0 Å². The molecule has 0 aromatic carbocycles. The molecule has 0 aliphatic rings. The Balaban J connectivity index is 3.23. The van der Waals surface area contributed by atoms with Crippen LogP contribution in [0.25, 0.3) is 0 Å². The summed E-state index contributed by atoms with van der Waals surface area (Å²) in [5.74, 6) is -0.267. The lowest BCUT2D eigenvalue weighted by molar-refractivity contribution is 0.0591. The van der Waals surface area contributed by atoms with Gasteiger partial charge in [0.05, 0.1) is 7.11 Å². The highest BCUT2D eigenvalue weighted by Crippen LogP contribution is 2.29. The summed E-state index contributed by atoms with van der Waals surface area (Å²) in [5.41, 5.74) is 0.120. The Morgan fingerprint density at radius 2 is 1.90 bits per heavy atom. The first-order valence-electron chi connectivity index (χ1n) is 6.64. The molecule has 1 heterocycles. The summed E-state index contributed by atoms with van der Waals surface area (Å²) < 4.78 is 4.70. The van der Waals surface area contributed by atoms with Crippen molar-refractivity contribution in [3.8, 4) is 0 Å². The van der Waals surface area contributed by atoms with Gasteiger partial charge in [-0.3, -0.25) is 4.79 Å². The largest absolute Gasteiger partial charge is 0.464 e. The van der Waals surface area contributed by atoms with Gasteiger partial charge in [0.2, 0.25) is 0 Å². The van der Waals surface area contributed by atoms with E-state index in [9.17, 15) is 9.59 Å². The van der Waals surface area contributed by atoms with E-state index in [0.29, 0.717) is 15.9 Å². The molecule has 112 valence electrons. The van der Waals surface area contributed by atoms with Gasteiger partial charge in [-0.2, -0.15) is 0 Å². The lowest BCUT2D eigenvalue weighted by Crippen LogP contribution is -2.34. The molecule has 0 aliphatic carbocycles. The number of ether oxygens (including phenoxy) is 1. The van der Waals surface area contributed by atoms with E-state index < -0.39 is 5.97 Å². The van der Waals surface area contributed by atoms with Crippen LogP contribution in [0.4, 0.5) is 5.13 Å². The fourth-order valence-electron chi connectivity index (χ4n) is 1.81. The Bertz CT molecular complexity index is 495.